The van der Waals surface area contributed by atoms with Crippen LogP contribution in [0.25, 0.3) is 0 Å². The highest BCUT2D eigenvalue weighted by molar-refractivity contribution is 5.88. The second-order valence-corrected chi connectivity index (χ2v) is 2.88. The number of benzene rings is 1. The average Bonchev–Trinajstić information content (AvgIpc) is 2.20. The largest absolute Gasteiger partial charge is 0.507 e. The van der Waals surface area contributed by atoms with Gasteiger partial charge in [-0.3, -0.25) is 0 Å². The van der Waals surface area contributed by atoms with Gasteiger partial charge >= 0.3 is 5.97 Å². The zero-order valence-corrected chi connectivity index (χ0v) is 8.03. The van der Waals surface area contributed by atoms with Gasteiger partial charge < -0.3 is 15.9 Å². The number of carboxylic acids is 1. The number of hydrogen-bond acceptors (Lipinski definition) is 3. The van der Waals surface area contributed by atoms with E-state index in [9.17, 15) is 9.90 Å². The van der Waals surface area contributed by atoms with Gasteiger partial charge in [0.05, 0.1) is 11.1 Å². The van der Waals surface area contributed by atoms with Crippen molar-refractivity contribution < 1.29 is 15.0 Å². The molecule has 0 atom stereocenters. The highest BCUT2D eigenvalue weighted by atomic mass is 16.4. The molecule has 0 aromatic heterocycles. The van der Waals surface area contributed by atoms with Gasteiger partial charge in [-0.05, 0) is 18.2 Å². The van der Waals surface area contributed by atoms with E-state index in [1.165, 1.54) is 18.2 Å². The van der Waals surface area contributed by atoms with E-state index >= 15 is 0 Å². The minimum absolute atomic E-state index is 0.0388. The third-order valence-corrected chi connectivity index (χ3v) is 1.74. The van der Waals surface area contributed by atoms with Gasteiger partial charge in [-0.1, -0.05) is 11.8 Å². The summed E-state index contributed by atoms with van der Waals surface area (Å²) in [5, 5.41) is 18.1. The van der Waals surface area contributed by atoms with Crippen molar-refractivity contribution in [2.24, 2.45) is 5.73 Å². The van der Waals surface area contributed by atoms with Crippen molar-refractivity contribution in [3.63, 3.8) is 0 Å². The predicted molar refractivity (Wildman–Crippen MR) is 55.6 cm³/mol. The summed E-state index contributed by atoms with van der Waals surface area (Å²) in [6.07, 6.45) is 0.542. The fourth-order valence-electron chi connectivity index (χ4n) is 1.00. The second kappa shape index (κ2) is 5.03. The lowest BCUT2D eigenvalue weighted by Crippen LogP contribution is -1.96. The number of carboxylic acid groups (broad SMARTS) is 1. The lowest BCUT2D eigenvalue weighted by atomic mass is 10.1. The minimum atomic E-state index is -1.08. The Bertz CT molecular complexity index is 429. The molecule has 1 rings (SSSR count). The fourth-order valence-corrected chi connectivity index (χ4v) is 1.00. The molecule has 0 radical (unpaired) electrons. The van der Waals surface area contributed by atoms with Crippen LogP contribution in [-0.2, 0) is 0 Å². The van der Waals surface area contributed by atoms with Gasteiger partial charge in [0.25, 0.3) is 0 Å². The molecular weight excluding hydrogens is 194 g/mol. The molecule has 0 aliphatic heterocycles. The molecule has 0 bridgehead atoms. The van der Waals surface area contributed by atoms with Gasteiger partial charge in [-0.25, -0.2) is 4.79 Å². The van der Waals surface area contributed by atoms with Crippen molar-refractivity contribution in [2.75, 3.05) is 6.54 Å². The second-order valence-electron chi connectivity index (χ2n) is 2.88. The maximum absolute atomic E-state index is 10.6. The van der Waals surface area contributed by atoms with Gasteiger partial charge in [-0.15, -0.1) is 0 Å². The summed E-state index contributed by atoms with van der Waals surface area (Å²) < 4.78 is 0. The maximum Gasteiger partial charge on any atom is 0.335 e. The minimum Gasteiger partial charge on any atom is -0.507 e. The van der Waals surface area contributed by atoms with Gasteiger partial charge in [0.1, 0.15) is 5.75 Å². The van der Waals surface area contributed by atoms with E-state index in [4.69, 9.17) is 10.8 Å². The maximum atomic E-state index is 10.6. The Morgan fingerprint density at radius 2 is 2.20 bits per heavy atom. The molecule has 4 N–H and O–H groups in total. The van der Waals surface area contributed by atoms with Crippen molar-refractivity contribution >= 4 is 5.97 Å². The first kappa shape index (κ1) is 11.1. The van der Waals surface area contributed by atoms with Gasteiger partial charge in [0.2, 0.25) is 0 Å². The first-order chi connectivity index (χ1) is 7.15. The number of phenolic OH excluding ortho intramolecular Hbond substituents is 1. The summed E-state index contributed by atoms with van der Waals surface area (Å²) in [5.74, 6) is 4.26. The Kier molecular flexibility index (Phi) is 3.72. The number of aromatic carboxylic acids is 1. The molecule has 0 heterocycles. The summed E-state index contributed by atoms with van der Waals surface area (Å²) in [6, 6.07) is 4.05. The molecule has 0 unspecified atom stereocenters. The monoisotopic (exact) mass is 205 g/mol. The summed E-state index contributed by atoms with van der Waals surface area (Å²) in [6.45, 7) is 0.459. The Morgan fingerprint density at radius 3 is 2.73 bits per heavy atom. The van der Waals surface area contributed by atoms with Crippen LogP contribution in [0.15, 0.2) is 18.2 Å². The smallest absolute Gasteiger partial charge is 0.335 e. The predicted octanol–water partition coefficient (Wildman–Crippen LogP) is 0.791. The topological polar surface area (TPSA) is 83.6 Å². The number of rotatable bonds is 2. The molecule has 4 nitrogen and oxygen atoms in total. The van der Waals surface area contributed by atoms with Crippen LogP contribution in [-0.4, -0.2) is 22.7 Å². The van der Waals surface area contributed by atoms with Crippen LogP contribution in [0.1, 0.15) is 22.3 Å². The summed E-state index contributed by atoms with van der Waals surface area (Å²) in [7, 11) is 0. The highest BCUT2D eigenvalue weighted by Crippen LogP contribution is 2.17. The standard InChI is InChI=1S/C11H11NO3/c12-6-2-1-3-8-4-5-9(11(14)15)7-10(8)13/h4-5,7,13H,2,6,12H2,(H,14,15). The average molecular weight is 205 g/mol. The van der Waals surface area contributed by atoms with E-state index in [0.717, 1.165) is 0 Å². The van der Waals surface area contributed by atoms with Gasteiger partial charge in [0.15, 0.2) is 0 Å². The molecule has 15 heavy (non-hydrogen) atoms. The number of hydrogen-bond donors (Lipinski definition) is 3. The molecule has 0 fully saturated rings. The van der Waals surface area contributed by atoms with E-state index < -0.39 is 5.97 Å². The molecule has 0 amide bonds. The molecule has 0 aliphatic carbocycles. The Hall–Kier alpha value is -1.99. The number of nitrogens with two attached hydrogens (primary N) is 1. The molecule has 78 valence electrons. The van der Waals surface area contributed by atoms with E-state index in [-0.39, 0.29) is 11.3 Å². The molecule has 4 heteroatoms. The van der Waals surface area contributed by atoms with E-state index in [1.54, 1.807) is 0 Å². The van der Waals surface area contributed by atoms with Crippen molar-refractivity contribution in [3.8, 4) is 17.6 Å². The van der Waals surface area contributed by atoms with Crippen molar-refractivity contribution in [1.29, 1.82) is 0 Å². The van der Waals surface area contributed by atoms with Crippen LogP contribution < -0.4 is 5.73 Å². The molecule has 0 saturated heterocycles. The third-order valence-electron chi connectivity index (χ3n) is 1.74. The lowest BCUT2D eigenvalue weighted by Gasteiger charge is -1.98. The van der Waals surface area contributed by atoms with Crippen molar-refractivity contribution in [1.82, 2.24) is 0 Å². The Balaban J connectivity index is 2.95. The van der Waals surface area contributed by atoms with E-state index in [2.05, 4.69) is 11.8 Å². The van der Waals surface area contributed by atoms with Gasteiger partial charge in [0, 0.05) is 13.0 Å². The summed E-state index contributed by atoms with van der Waals surface area (Å²) in [4.78, 5) is 10.6. The Labute approximate surface area is 87.3 Å². The molecule has 1 aromatic rings. The van der Waals surface area contributed by atoms with Crippen LogP contribution in [0.4, 0.5) is 0 Å². The fraction of sp³-hybridized carbons (Fsp3) is 0.182. The zero-order valence-electron chi connectivity index (χ0n) is 8.03. The number of aromatic hydroxyl groups is 1. The van der Waals surface area contributed by atoms with Crippen LogP contribution in [0.5, 0.6) is 5.75 Å². The normalized spacial score (nSPS) is 9.13. The molecule has 0 saturated carbocycles. The molecule has 0 aliphatic rings. The van der Waals surface area contributed by atoms with E-state index in [1.807, 2.05) is 0 Å². The highest BCUT2D eigenvalue weighted by Gasteiger charge is 2.05. The van der Waals surface area contributed by atoms with E-state index in [0.29, 0.717) is 18.5 Å². The van der Waals surface area contributed by atoms with Crippen LogP contribution in [0.2, 0.25) is 0 Å². The zero-order chi connectivity index (χ0) is 11.3. The van der Waals surface area contributed by atoms with Crippen LogP contribution in [0, 0.1) is 11.8 Å². The van der Waals surface area contributed by atoms with Crippen LogP contribution >= 0.6 is 0 Å². The van der Waals surface area contributed by atoms with Crippen molar-refractivity contribution in [2.45, 2.75) is 6.42 Å². The summed E-state index contributed by atoms with van der Waals surface area (Å²) >= 11 is 0. The molecular formula is C11H11NO3. The number of carbonyl (C=O) groups is 1. The SMILES string of the molecule is NCCC#Cc1ccc(C(=O)O)cc1O. The van der Waals surface area contributed by atoms with Crippen LogP contribution in [0.3, 0.4) is 0 Å². The third kappa shape index (κ3) is 3.01. The van der Waals surface area contributed by atoms with Gasteiger partial charge in [-0.2, -0.15) is 0 Å². The summed E-state index contributed by atoms with van der Waals surface area (Å²) in [5.41, 5.74) is 5.70. The first-order valence-electron chi connectivity index (χ1n) is 4.40. The molecule has 1 aromatic carbocycles. The van der Waals surface area contributed by atoms with Crippen molar-refractivity contribution in [3.05, 3.63) is 29.3 Å². The molecule has 0 spiro atoms. The number of phenols is 1. The first-order valence-corrected chi connectivity index (χ1v) is 4.40. The Morgan fingerprint density at radius 1 is 1.47 bits per heavy atom. The lowest BCUT2D eigenvalue weighted by molar-refractivity contribution is 0.0696. The quantitative estimate of drug-likeness (QED) is 0.623.